The lowest BCUT2D eigenvalue weighted by atomic mass is 9.91. The van der Waals surface area contributed by atoms with Gasteiger partial charge in [-0.1, -0.05) is 19.1 Å². The summed E-state index contributed by atoms with van der Waals surface area (Å²) in [6.45, 7) is 2.02. The fourth-order valence-electron chi connectivity index (χ4n) is 1.56. The Hall–Kier alpha value is -2.00. The van der Waals surface area contributed by atoms with E-state index in [9.17, 15) is 0 Å². The standard InChI is InChI=1S/C13H14N2O/c1-10(7-11(8-14)9-15)12-3-5-13(16-2)6-4-12/h3-6,10-11H,7H2,1-2H3. The predicted molar refractivity (Wildman–Crippen MR) is 60.7 cm³/mol. The molecule has 0 bridgehead atoms. The summed E-state index contributed by atoms with van der Waals surface area (Å²) in [6.07, 6.45) is 0.569. The molecule has 1 aromatic rings. The van der Waals surface area contributed by atoms with E-state index in [0.29, 0.717) is 6.42 Å². The molecule has 0 fully saturated rings. The average Bonchev–Trinajstić information content (AvgIpc) is 2.35. The summed E-state index contributed by atoms with van der Waals surface area (Å²) in [5.74, 6) is 0.486. The lowest BCUT2D eigenvalue weighted by Gasteiger charge is -2.12. The van der Waals surface area contributed by atoms with Gasteiger partial charge in [0.05, 0.1) is 19.2 Å². The van der Waals surface area contributed by atoms with Gasteiger partial charge >= 0.3 is 0 Å². The summed E-state index contributed by atoms with van der Waals surface area (Å²) in [4.78, 5) is 0. The summed E-state index contributed by atoms with van der Waals surface area (Å²) >= 11 is 0. The Balaban J connectivity index is 2.70. The van der Waals surface area contributed by atoms with Gasteiger partial charge in [0.25, 0.3) is 0 Å². The second-order valence-electron chi connectivity index (χ2n) is 3.72. The third-order valence-electron chi connectivity index (χ3n) is 2.59. The van der Waals surface area contributed by atoms with E-state index in [1.807, 2.05) is 43.3 Å². The SMILES string of the molecule is COc1ccc(C(C)CC(C#N)C#N)cc1. The number of nitrogens with zero attached hydrogens (tertiary/aromatic N) is 2. The number of ether oxygens (including phenoxy) is 1. The van der Waals surface area contributed by atoms with Crippen LogP contribution in [0.15, 0.2) is 24.3 Å². The first-order valence-corrected chi connectivity index (χ1v) is 5.14. The lowest BCUT2D eigenvalue weighted by molar-refractivity contribution is 0.414. The van der Waals surface area contributed by atoms with Gasteiger partial charge in [0.15, 0.2) is 0 Å². The molecule has 3 heteroatoms. The molecule has 82 valence electrons. The maximum Gasteiger partial charge on any atom is 0.133 e. The van der Waals surface area contributed by atoms with Crippen molar-refractivity contribution in [2.24, 2.45) is 5.92 Å². The van der Waals surface area contributed by atoms with E-state index in [1.165, 1.54) is 0 Å². The van der Waals surface area contributed by atoms with Gasteiger partial charge in [-0.15, -0.1) is 0 Å². The quantitative estimate of drug-likeness (QED) is 0.774. The molecule has 0 spiro atoms. The molecule has 0 N–H and O–H groups in total. The van der Waals surface area contributed by atoms with Crippen LogP contribution in [0.1, 0.15) is 24.8 Å². The lowest BCUT2D eigenvalue weighted by Crippen LogP contribution is -2.01. The van der Waals surface area contributed by atoms with Crippen molar-refractivity contribution in [3.05, 3.63) is 29.8 Å². The second kappa shape index (κ2) is 5.78. The normalized spacial score (nSPS) is 11.6. The molecule has 0 saturated heterocycles. The van der Waals surface area contributed by atoms with Crippen molar-refractivity contribution in [1.29, 1.82) is 10.5 Å². The molecule has 0 radical (unpaired) electrons. The molecular formula is C13H14N2O. The van der Waals surface area contributed by atoms with Crippen molar-refractivity contribution < 1.29 is 4.74 Å². The molecule has 0 saturated carbocycles. The van der Waals surface area contributed by atoms with Crippen LogP contribution in [0, 0.1) is 28.6 Å². The van der Waals surface area contributed by atoms with Gasteiger partial charge in [0.2, 0.25) is 0 Å². The summed E-state index contributed by atoms with van der Waals surface area (Å²) < 4.78 is 5.07. The molecule has 0 aliphatic rings. The van der Waals surface area contributed by atoms with E-state index in [2.05, 4.69) is 0 Å². The highest BCUT2D eigenvalue weighted by molar-refractivity contribution is 5.29. The monoisotopic (exact) mass is 214 g/mol. The Morgan fingerprint density at radius 3 is 2.19 bits per heavy atom. The molecule has 0 aliphatic heterocycles. The van der Waals surface area contributed by atoms with Crippen LogP contribution in [0.25, 0.3) is 0 Å². The minimum atomic E-state index is -0.530. The van der Waals surface area contributed by atoms with Crippen molar-refractivity contribution in [3.8, 4) is 17.9 Å². The van der Waals surface area contributed by atoms with E-state index in [1.54, 1.807) is 7.11 Å². The van der Waals surface area contributed by atoms with Crippen LogP contribution >= 0.6 is 0 Å². The molecule has 1 unspecified atom stereocenters. The van der Waals surface area contributed by atoms with Crippen LogP contribution in [0.2, 0.25) is 0 Å². The zero-order valence-corrected chi connectivity index (χ0v) is 9.47. The largest absolute Gasteiger partial charge is 0.497 e. The zero-order valence-electron chi connectivity index (χ0n) is 9.47. The molecule has 1 atom stereocenters. The third kappa shape index (κ3) is 3.00. The number of methoxy groups -OCH3 is 1. The van der Waals surface area contributed by atoms with E-state index >= 15 is 0 Å². The molecule has 0 aromatic heterocycles. The van der Waals surface area contributed by atoms with Gasteiger partial charge in [0.1, 0.15) is 11.7 Å². The van der Waals surface area contributed by atoms with Crippen molar-refractivity contribution in [2.45, 2.75) is 19.3 Å². The Morgan fingerprint density at radius 1 is 1.19 bits per heavy atom. The van der Waals surface area contributed by atoms with E-state index in [4.69, 9.17) is 15.3 Å². The van der Waals surface area contributed by atoms with Gasteiger partial charge in [-0.3, -0.25) is 0 Å². The fraction of sp³-hybridized carbons (Fsp3) is 0.385. The average molecular weight is 214 g/mol. The Morgan fingerprint density at radius 2 is 1.75 bits per heavy atom. The Labute approximate surface area is 95.9 Å². The first kappa shape index (κ1) is 12.1. The zero-order chi connectivity index (χ0) is 12.0. The van der Waals surface area contributed by atoms with E-state index < -0.39 is 5.92 Å². The van der Waals surface area contributed by atoms with Gasteiger partial charge in [-0.25, -0.2) is 0 Å². The fourth-order valence-corrected chi connectivity index (χ4v) is 1.56. The second-order valence-corrected chi connectivity index (χ2v) is 3.72. The number of hydrogen-bond acceptors (Lipinski definition) is 3. The van der Waals surface area contributed by atoms with Crippen LogP contribution < -0.4 is 4.74 Å². The minimum absolute atomic E-state index is 0.204. The smallest absolute Gasteiger partial charge is 0.133 e. The molecule has 1 rings (SSSR count). The molecule has 1 aromatic carbocycles. The number of hydrogen-bond donors (Lipinski definition) is 0. The van der Waals surface area contributed by atoms with E-state index in [0.717, 1.165) is 11.3 Å². The number of rotatable bonds is 4. The van der Waals surface area contributed by atoms with Crippen molar-refractivity contribution in [2.75, 3.05) is 7.11 Å². The minimum Gasteiger partial charge on any atom is -0.497 e. The molecular weight excluding hydrogens is 200 g/mol. The van der Waals surface area contributed by atoms with Gasteiger partial charge in [-0.05, 0) is 30.0 Å². The summed E-state index contributed by atoms with van der Waals surface area (Å²) in [5, 5.41) is 17.4. The molecule has 0 aliphatic carbocycles. The van der Waals surface area contributed by atoms with Crippen molar-refractivity contribution in [3.63, 3.8) is 0 Å². The van der Waals surface area contributed by atoms with Crippen LogP contribution in [0.4, 0.5) is 0 Å². The van der Waals surface area contributed by atoms with Crippen molar-refractivity contribution >= 4 is 0 Å². The molecule has 16 heavy (non-hydrogen) atoms. The topological polar surface area (TPSA) is 56.8 Å². The Bertz CT molecular complexity index is 397. The number of nitriles is 2. The predicted octanol–water partition coefficient (Wildman–Crippen LogP) is 2.85. The molecule has 0 heterocycles. The van der Waals surface area contributed by atoms with Crippen LogP contribution in [-0.2, 0) is 0 Å². The first-order chi connectivity index (χ1) is 7.71. The first-order valence-electron chi connectivity index (χ1n) is 5.14. The number of benzene rings is 1. The van der Waals surface area contributed by atoms with Gasteiger partial charge in [0, 0.05) is 0 Å². The van der Waals surface area contributed by atoms with Gasteiger partial charge < -0.3 is 4.74 Å². The third-order valence-corrected chi connectivity index (χ3v) is 2.59. The summed E-state index contributed by atoms with van der Waals surface area (Å²) in [7, 11) is 1.62. The Kier molecular flexibility index (Phi) is 4.36. The van der Waals surface area contributed by atoms with Crippen LogP contribution in [0.5, 0.6) is 5.75 Å². The van der Waals surface area contributed by atoms with E-state index in [-0.39, 0.29) is 5.92 Å². The highest BCUT2D eigenvalue weighted by Crippen LogP contribution is 2.24. The summed E-state index contributed by atoms with van der Waals surface area (Å²) in [6, 6.07) is 11.7. The van der Waals surface area contributed by atoms with Gasteiger partial charge in [-0.2, -0.15) is 10.5 Å². The molecule has 0 amide bonds. The maximum atomic E-state index is 8.71. The highest BCUT2D eigenvalue weighted by atomic mass is 16.5. The van der Waals surface area contributed by atoms with Crippen LogP contribution in [-0.4, -0.2) is 7.11 Å². The maximum absolute atomic E-state index is 8.71. The summed E-state index contributed by atoms with van der Waals surface area (Å²) in [5.41, 5.74) is 1.12. The van der Waals surface area contributed by atoms with Crippen LogP contribution in [0.3, 0.4) is 0 Å². The molecule has 3 nitrogen and oxygen atoms in total. The van der Waals surface area contributed by atoms with Crippen molar-refractivity contribution in [1.82, 2.24) is 0 Å². The highest BCUT2D eigenvalue weighted by Gasteiger charge is 2.13.